The van der Waals surface area contributed by atoms with E-state index in [1.807, 2.05) is 0 Å². The Labute approximate surface area is 77.4 Å². The maximum atomic E-state index is 10.9. The molecule has 0 aromatic carbocycles. The van der Waals surface area contributed by atoms with Gasteiger partial charge in [-0.15, -0.1) is 0 Å². The lowest BCUT2D eigenvalue weighted by Gasteiger charge is -1.93. The molecule has 70 valence electrons. The van der Waals surface area contributed by atoms with Crippen LogP contribution < -0.4 is 15.7 Å². The number of carbonyl (C=O) groups is 3. The van der Waals surface area contributed by atoms with Gasteiger partial charge < -0.3 is 14.9 Å². The molecule has 1 aromatic heterocycles. The number of aromatic nitrogens is 1. The van der Waals surface area contributed by atoms with Crippen molar-refractivity contribution in [3.63, 3.8) is 0 Å². The van der Waals surface area contributed by atoms with Gasteiger partial charge in [0.05, 0.1) is 17.0 Å². The van der Waals surface area contributed by atoms with Crippen LogP contribution in [0.1, 0.15) is 10.5 Å². The Morgan fingerprint density at radius 1 is 1.21 bits per heavy atom. The molecule has 5 heteroatoms. The number of nitrogens with one attached hydrogen (secondary N) is 1. The Morgan fingerprint density at radius 3 is 2.50 bits per heavy atom. The average Bonchev–Trinajstić information content (AvgIpc) is 2.48. The predicted octanol–water partition coefficient (Wildman–Crippen LogP) is -2.91. The Bertz CT molecular complexity index is 521. The molecule has 0 bridgehead atoms. The zero-order valence-electron chi connectivity index (χ0n) is 6.87. The largest absolute Gasteiger partial charge is 0.543 e. The van der Waals surface area contributed by atoms with Crippen molar-refractivity contribution in [1.82, 2.24) is 4.98 Å². The smallest absolute Gasteiger partial charge is 0.227 e. The lowest BCUT2D eigenvalue weighted by Crippen LogP contribution is -2.31. The van der Waals surface area contributed by atoms with Gasteiger partial charge in [0.2, 0.25) is 11.6 Å². The molecular weight excluding hydrogens is 186 g/mol. The number of aromatic amines is 1. The molecule has 0 unspecified atom stereocenters. The Hall–Kier alpha value is -2.17. The summed E-state index contributed by atoms with van der Waals surface area (Å²) < 4.78 is 0. The van der Waals surface area contributed by atoms with Crippen molar-refractivity contribution in [3.8, 4) is 0 Å². The zero-order chi connectivity index (χ0) is 10.3. The summed E-state index contributed by atoms with van der Waals surface area (Å²) in [7, 11) is 0. The van der Waals surface area contributed by atoms with Crippen LogP contribution in [0.2, 0.25) is 0 Å². The van der Waals surface area contributed by atoms with Crippen LogP contribution in [0, 0.1) is 0 Å². The first-order valence-electron chi connectivity index (χ1n) is 3.80. The molecule has 1 heterocycles. The molecule has 0 atom stereocenters. The number of hydrogen-bond acceptors (Lipinski definition) is 4. The summed E-state index contributed by atoms with van der Waals surface area (Å²) in [5.41, 5.74) is -0.148. The van der Waals surface area contributed by atoms with Gasteiger partial charge in [0.25, 0.3) is 0 Å². The number of carbonyl (C=O) groups excluding carboxylic acids is 3. The monoisotopic (exact) mass is 190 g/mol. The van der Waals surface area contributed by atoms with Gasteiger partial charge in [-0.2, -0.15) is 0 Å². The van der Waals surface area contributed by atoms with Crippen LogP contribution in [0.25, 0.3) is 12.2 Å². The normalized spacial score (nSPS) is 14.3. The van der Waals surface area contributed by atoms with Crippen LogP contribution in [0.3, 0.4) is 0 Å². The first-order valence-corrected chi connectivity index (χ1v) is 3.80. The summed E-state index contributed by atoms with van der Waals surface area (Å²) >= 11 is 0. The van der Waals surface area contributed by atoms with Crippen molar-refractivity contribution < 1.29 is 19.5 Å². The van der Waals surface area contributed by atoms with Crippen LogP contribution >= 0.6 is 0 Å². The molecule has 1 N–H and O–H groups in total. The molecule has 0 spiro atoms. The zero-order valence-corrected chi connectivity index (χ0v) is 6.87. The number of carboxylic acid groups (broad SMARTS) is 1. The van der Waals surface area contributed by atoms with Crippen molar-refractivity contribution in [2.75, 3.05) is 0 Å². The van der Waals surface area contributed by atoms with Gasteiger partial charge in [0.1, 0.15) is 0 Å². The van der Waals surface area contributed by atoms with E-state index in [2.05, 4.69) is 4.98 Å². The fraction of sp³-hybridized carbons (Fsp3) is 0. The number of Topliss-reactive ketones (excluding diaryl/α,β-unsaturated/α-hetero) is 2. The van der Waals surface area contributed by atoms with Crippen LogP contribution in [0.5, 0.6) is 0 Å². The van der Waals surface area contributed by atoms with E-state index in [1.54, 1.807) is 0 Å². The first-order chi connectivity index (χ1) is 6.58. The first kappa shape index (κ1) is 8.43. The molecule has 1 aliphatic carbocycles. The summed E-state index contributed by atoms with van der Waals surface area (Å²) in [6.07, 6.45) is 2.17. The highest BCUT2D eigenvalue weighted by atomic mass is 16.4. The van der Waals surface area contributed by atoms with Gasteiger partial charge in [-0.05, 0) is 12.1 Å². The lowest BCUT2D eigenvalue weighted by atomic mass is 10.1. The standard InChI is InChI=1S/C9H5NO4/c11-7-2-4-1-6(9(13)14)10-5(4)3-8(7)12/h1-3,10H,(H,13,14)/p-1. The van der Waals surface area contributed by atoms with Crippen molar-refractivity contribution >= 4 is 29.7 Å². The van der Waals surface area contributed by atoms with Crippen LogP contribution in [-0.4, -0.2) is 22.5 Å². The number of hydrogen-bond donors (Lipinski definition) is 1. The molecule has 14 heavy (non-hydrogen) atoms. The van der Waals surface area contributed by atoms with Crippen LogP contribution in [0.4, 0.5) is 0 Å². The van der Waals surface area contributed by atoms with Crippen molar-refractivity contribution in [1.29, 1.82) is 0 Å². The Balaban J connectivity index is 2.75. The summed E-state index contributed by atoms with van der Waals surface area (Å²) in [6, 6.07) is 1.26. The molecule has 0 saturated heterocycles. The molecule has 0 radical (unpaired) electrons. The maximum absolute atomic E-state index is 10.9. The lowest BCUT2D eigenvalue weighted by molar-refractivity contribution is -0.255. The average molecular weight is 190 g/mol. The van der Waals surface area contributed by atoms with E-state index in [0.29, 0.717) is 10.6 Å². The van der Waals surface area contributed by atoms with Crippen molar-refractivity contribution in [2.24, 2.45) is 0 Å². The van der Waals surface area contributed by atoms with Gasteiger partial charge in [-0.1, -0.05) is 0 Å². The molecule has 1 aromatic rings. The summed E-state index contributed by atoms with van der Waals surface area (Å²) in [4.78, 5) is 34.7. The molecule has 0 saturated carbocycles. The van der Waals surface area contributed by atoms with Gasteiger partial charge in [0.15, 0.2) is 0 Å². The van der Waals surface area contributed by atoms with Crippen LogP contribution in [-0.2, 0) is 9.59 Å². The van der Waals surface area contributed by atoms with E-state index in [9.17, 15) is 19.5 Å². The fourth-order valence-electron chi connectivity index (χ4n) is 1.25. The van der Waals surface area contributed by atoms with E-state index >= 15 is 0 Å². The number of ketones is 2. The van der Waals surface area contributed by atoms with Gasteiger partial charge in [0, 0.05) is 11.3 Å². The second kappa shape index (κ2) is 2.66. The second-order valence-electron chi connectivity index (χ2n) is 2.86. The van der Waals surface area contributed by atoms with Gasteiger partial charge in [-0.3, -0.25) is 9.59 Å². The van der Waals surface area contributed by atoms with Gasteiger partial charge >= 0.3 is 0 Å². The minimum atomic E-state index is -1.37. The SMILES string of the molecule is O=C1C=c2cc(C(=O)[O-])[nH]c2=CC1=O. The number of aromatic carboxylic acids is 1. The Kier molecular flexibility index (Phi) is 1.60. The van der Waals surface area contributed by atoms with Crippen LogP contribution in [0.15, 0.2) is 6.07 Å². The molecule has 0 fully saturated rings. The summed E-state index contributed by atoms with van der Waals surface area (Å²) in [6.45, 7) is 0. The topological polar surface area (TPSA) is 90.1 Å². The molecule has 2 rings (SSSR count). The number of rotatable bonds is 1. The Morgan fingerprint density at radius 2 is 1.86 bits per heavy atom. The van der Waals surface area contributed by atoms with Crippen molar-refractivity contribution in [2.45, 2.75) is 0 Å². The van der Waals surface area contributed by atoms with E-state index in [4.69, 9.17) is 0 Å². The summed E-state index contributed by atoms with van der Waals surface area (Å²) in [5, 5.41) is 11.2. The predicted molar refractivity (Wildman–Crippen MR) is 43.3 cm³/mol. The third-order valence-corrected chi connectivity index (χ3v) is 1.90. The minimum Gasteiger partial charge on any atom is -0.543 e. The fourth-order valence-corrected chi connectivity index (χ4v) is 1.25. The highest BCUT2D eigenvalue weighted by Crippen LogP contribution is 1.89. The van der Waals surface area contributed by atoms with E-state index < -0.39 is 17.5 Å². The number of carboxylic acids is 1. The molecular formula is C9H4NO4-. The van der Waals surface area contributed by atoms with E-state index in [0.717, 1.165) is 12.2 Å². The van der Waals surface area contributed by atoms with Gasteiger partial charge in [-0.25, -0.2) is 0 Å². The number of H-pyrrole nitrogens is 1. The second-order valence-corrected chi connectivity index (χ2v) is 2.86. The summed E-state index contributed by atoms with van der Waals surface area (Å²) in [5.74, 6) is -2.69. The molecule has 0 aliphatic heterocycles. The van der Waals surface area contributed by atoms with Crippen molar-refractivity contribution in [3.05, 3.63) is 22.3 Å². The minimum absolute atomic E-state index is 0.148. The molecule has 0 amide bonds. The molecule has 5 nitrogen and oxygen atoms in total. The number of fused-ring (bicyclic) bond motifs is 1. The van der Waals surface area contributed by atoms with E-state index in [1.165, 1.54) is 6.07 Å². The third-order valence-electron chi connectivity index (χ3n) is 1.90. The highest BCUT2D eigenvalue weighted by Gasteiger charge is 2.13. The molecule has 1 aliphatic rings. The maximum Gasteiger partial charge on any atom is 0.227 e. The third kappa shape index (κ3) is 1.15. The highest BCUT2D eigenvalue weighted by molar-refractivity contribution is 6.57. The van der Waals surface area contributed by atoms with E-state index in [-0.39, 0.29) is 5.69 Å². The quantitative estimate of drug-likeness (QED) is 0.481.